The summed E-state index contributed by atoms with van der Waals surface area (Å²) in [5.41, 5.74) is 2.16. The number of fused-ring (bicyclic) bond motifs is 1. The lowest BCUT2D eigenvalue weighted by Gasteiger charge is -2.33. The molecule has 0 saturated carbocycles. The fourth-order valence-corrected chi connectivity index (χ4v) is 3.29. The van der Waals surface area contributed by atoms with Crippen LogP contribution in [0.4, 0.5) is 5.82 Å². The first-order valence-corrected chi connectivity index (χ1v) is 8.77. The van der Waals surface area contributed by atoms with Crippen LogP contribution in [0.1, 0.15) is 34.8 Å². The Morgan fingerprint density at radius 1 is 1.23 bits per heavy atom. The molecule has 26 heavy (non-hydrogen) atoms. The van der Waals surface area contributed by atoms with E-state index in [1.165, 1.54) is 0 Å². The molecule has 1 aliphatic heterocycles. The molecule has 3 aromatic heterocycles. The summed E-state index contributed by atoms with van der Waals surface area (Å²) >= 11 is 0. The Morgan fingerprint density at radius 2 is 2.08 bits per heavy atom. The summed E-state index contributed by atoms with van der Waals surface area (Å²) < 4.78 is 3.46. The van der Waals surface area contributed by atoms with E-state index in [4.69, 9.17) is 0 Å². The topological polar surface area (TPSA) is 93.2 Å². The number of hydrogen-bond donors (Lipinski definition) is 1. The van der Waals surface area contributed by atoms with Crippen molar-refractivity contribution in [3.05, 3.63) is 35.4 Å². The van der Waals surface area contributed by atoms with Gasteiger partial charge in [0.05, 0.1) is 0 Å². The second-order valence-electron chi connectivity index (χ2n) is 6.76. The van der Waals surface area contributed by atoms with Crippen molar-refractivity contribution in [2.75, 3.05) is 18.0 Å². The van der Waals surface area contributed by atoms with Crippen molar-refractivity contribution in [2.45, 2.75) is 32.7 Å². The first kappa shape index (κ1) is 16.5. The number of hydrogen-bond acceptors (Lipinski definition) is 6. The van der Waals surface area contributed by atoms with Crippen LogP contribution in [-0.2, 0) is 7.05 Å². The van der Waals surface area contributed by atoms with E-state index in [9.17, 15) is 4.79 Å². The Morgan fingerprint density at radius 3 is 2.85 bits per heavy atom. The number of rotatable bonds is 3. The summed E-state index contributed by atoms with van der Waals surface area (Å²) in [4.78, 5) is 14.7. The predicted octanol–water partition coefficient (Wildman–Crippen LogP) is 0.873. The van der Waals surface area contributed by atoms with Crippen molar-refractivity contribution >= 4 is 17.4 Å². The summed E-state index contributed by atoms with van der Waals surface area (Å²) in [6.07, 6.45) is 1.94. The Hall–Kier alpha value is -2.97. The molecule has 0 spiro atoms. The molecular formula is C17H22N8O. The van der Waals surface area contributed by atoms with Gasteiger partial charge in [-0.25, -0.2) is 0 Å². The third-order valence-corrected chi connectivity index (χ3v) is 4.83. The van der Waals surface area contributed by atoms with Gasteiger partial charge in [-0.05, 0) is 44.9 Å². The number of anilines is 1. The predicted molar refractivity (Wildman–Crippen MR) is 96.2 cm³/mol. The zero-order chi connectivity index (χ0) is 18.3. The number of nitrogens with zero attached hydrogens (tertiary/aromatic N) is 7. The molecule has 1 fully saturated rings. The van der Waals surface area contributed by atoms with Crippen LogP contribution in [0.5, 0.6) is 0 Å². The summed E-state index contributed by atoms with van der Waals surface area (Å²) in [6, 6.07) is 5.75. The first-order chi connectivity index (χ1) is 12.5. The molecule has 1 unspecified atom stereocenters. The molecule has 1 amide bonds. The number of nitrogens with one attached hydrogen (secondary N) is 1. The highest BCUT2D eigenvalue weighted by Crippen LogP contribution is 2.19. The lowest BCUT2D eigenvalue weighted by molar-refractivity contribution is 0.0927. The monoisotopic (exact) mass is 354 g/mol. The molecule has 3 aromatic rings. The van der Waals surface area contributed by atoms with Crippen LogP contribution in [0.25, 0.3) is 5.65 Å². The standard InChI is InChI=1S/C17H22N8O/c1-11-9-14(21-23(11)3)17(26)18-13-5-4-8-24(10-13)16-7-6-15-20-19-12(2)25(15)22-16/h6-7,9,13H,4-5,8,10H2,1-3H3,(H,18,26). The van der Waals surface area contributed by atoms with E-state index in [2.05, 4.69) is 30.6 Å². The molecule has 1 saturated heterocycles. The van der Waals surface area contributed by atoms with E-state index in [1.54, 1.807) is 15.3 Å². The number of piperidine rings is 1. The summed E-state index contributed by atoms with van der Waals surface area (Å²) in [6.45, 7) is 5.44. The van der Waals surface area contributed by atoms with Gasteiger partial charge in [-0.3, -0.25) is 9.48 Å². The van der Waals surface area contributed by atoms with Crippen molar-refractivity contribution in [3.8, 4) is 0 Å². The van der Waals surface area contributed by atoms with Crippen LogP contribution in [0.2, 0.25) is 0 Å². The van der Waals surface area contributed by atoms with Crippen molar-refractivity contribution in [1.29, 1.82) is 0 Å². The van der Waals surface area contributed by atoms with Gasteiger partial charge >= 0.3 is 0 Å². The lowest BCUT2D eigenvalue weighted by Crippen LogP contribution is -2.48. The molecule has 4 heterocycles. The zero-order valence-corrected chi connectivity index (χ0v) is 15.2. The minimum absolute atomic E-state index is 0.0677. The molecule has 0 radical (unpaired) electrons. The summed E-state index contributed by atoms with van der Waals surface area (Å²) in [7, 11) is 1.84. The van der Waals surface area contributed by atoms with E-state index >= 15 is 0 Å². The summed E-state index contributed by atoms with van der Waals surface area (Å²) in [5, 5.41) is 20.1. The van der Waals surface area contributed by atoms with Crippen LogP contribution in [0.3, 0.4) is 0 Å². The van der Waals surface area contributed by atoms with Gasteiger partial charge in [0.2, 0.25) is 0 Å². The molecule has 1 atom stereocenters. The third kappa shape index (κ3) is 3.00. The second kappa shape index (κ2) is 6.40. The van der Waals surface area contributed by atoms with E-state index in [-0.39, 0.29) is 11.9 Å². The third-order valence-electron chi connectivity index (χ3n) is 4.83. The van der Waals surface area contributed by atoms with E-state index in [0.717, 1.165) is 48.9 Å². The highest BCUT2D eigenvalue weighted by molar-refractivity contribution is 5.92. The van der Waals surface area contributed by atoms with Gasteiger partial charge in [0.25, 0.3) is 5.91 Å². The Balaban J connectivity index is 1.48. The molecule has 0 bridgehead atoms. The maximum absolute atomic E-state index is 12.5. The van der Waals surface area contributed by atoms with Crippen LogP contribution >= 0.6 is 0 Å². The van der Waals surface area contributed by atoms with Gasteiger partial charge in [0.15, 0.2) is 11.5 Å². The van der Waals surface area contributed by atoms with Gasteiger partial charge in [-0.15, -0.1) is 15.3 Å². The van der Waals surface area contributed by atoms with Gasteiger partial charge in [0.1, 0.15) is 11.5 Å². The van der Waals surface area contributed by atoms with Gasteiger partial charge in [-0.1, -0.05) is 0 Å². The minimum Gasteiger partial charge on any atom is -0.353 e. The molecule has 1 aliphatic rings. The van der Waals surface area contributed by atoms with Crippen LogP contribution in [0, 0.1) is 13.8 Å². The van der Waals surface area contributed by atoms with Gasteiger partial charge in [-0.2, -0.15) is 9.61 Å². The first-order valence-electron chi connectivity index (χ1n) is 8.77. The Bertz CT molecular complexity index is 939. The van der Waals surface area contributed by atoms with Crippen LogP contribution in [0.15, 0.2) is 18.2 Å². The normalized spacial score (nSPS) is 17.7. The SMILES string of the molecule is Cc1cc(C(=O)NC2CCCN(c3ccc4nnc(C)n4n3)C2)nn1C. The minimum atomic E-state index is -0.126. The van der Waals surface area contributed by atoms with Crippen molar-refractivity contribution in [1.82, 2.24) is 34.9 Å². The van der Waals surface area contributed by atoms with Crippen molar-refractivity contribution < 1.29 is 4.79 Å². The maximum atomic E-state index is 12.5. The van der Waals surface area contributed by atoms with Crippen LogP contribution < -0.4 is 10.2 Å². The quantitative estimate of drug-likeness (QED) is 0.750. The molecule has 1 N–H and O–H groups in total. The van der Waals surface area contributed by atoms with E-state index in [1.807, 2.05) is 33.0 Å². The molecule has 9 heteroatoms. The average Bonchev–Trinajstić information content (AvgIpc) is 3.18. The second-order valence-corrected chi connectivity index (χ2v) is 6.76. The van der Waals surface area contributed by atoms with Crippen LogP contribution in [-0.4, -0.2) is 54.6 Å². The molecule has 136 valence electrons. The fraction of sp³-hybridized carbons (Fsp3) is 0.471. The molecular weight excluding hydrogens is 332 g/mol. The lowest BCUT2D eigenvalue weighted by atomic mass is 10.1. The van der Waals surface area contributed by atoms with E-state index in [0.29, 0.717) is 5.69 Å². The fourth-order valence-electron chi connectivity index (χ4n) is 3.29. The Labute approximate surface area is 151 Å². The van der Waals surface area contributed by atoms with E-state index < -0.39 is 0 Å². The highest BCUT2D eigenvalue weighted by atomic mass is 16.2. The number of aryl methyl sites for hydroxylation is 3. The summed E-state index contributed by atoms with van der Waals surface area (Å²) in [5.74, 6) is 1.50. The highest BCUT2D eigenvalue weighted by Gasteiger charge is 2.24. The number of amides is 1. The number of carbonyl (C=O) groups is 1. The largest absolute Gasteiger partial charge is 0.353 e. The number of carbonyl (C=O) groups excluding carboxylic acids is 1. The smallest absolute Gasteiger partial charge is 0.272 e. The van der Waals surface area contributed by atoms with Crippen molar-refractivity contribution in [2.24, 2.45) is 7.05 Å². The maximum Gasteiger partial charge on any atom is 0.272 e. The molecule has 0 aromatic carbocycles. The molecule has 9 nitrogen and oxygen atoms in total. The zero-order valence-electron chi connectivity index (χ0n) is 15.2. The van der Waals surface area contributed by atoms with Gasteiger partial charge in [0, 0.05) is 31.9 Å². The molecule has 4 rings (SSSR count). The number of aromatic nitrogens is 6. The van der Waals surface area contributed by atoms with Gasteiger partial charge < -0.3 is 10.2 Å². The van der Waals surface area contributed by atoms with Crippen molar-refractivity contribution in [3.63, 3.8) is 0 Å². The average molecular weight is 354 g/mol. The Kier molecular flexibility index (Phi) is 4.06. The molecule has 0 aliphatic carbocycles.